The summed E-state index contributed by atoms with van der Waals surface area (Å²) in [7, 11) is -1.72. The van der Waals surface area contributed by atoms with E-state index in [1.54, 1.807) is 0 Å². The van der Waals surface area contributed by atoms with E-state index < -0.39 is 8.32 Å². The van der Waals surface area contributed by atoms with E-state index in [9.17, 15) is 0 Å². The molecule has 1 nitrogen and oxygen atoms in total. The second-order valence-electron chi connectivity index (χ2n) is 6.63. The first-order valence-corrected chi connectivity index (χ1v) is 10.9. The molecule has 2 aromatic rings. The average Bonchev–Trinajstić information content (AvgIpc) is 2.70. The fourth-order valence-corrected chi connectivity index (χ4v) is 4.73. The molecule has 108 valence electrons. The van der Waals surface area contributed by atoms with Gasteiger partial charge in [0.1, 0.15) is 5.60 Å². The quantitative estimate of drug-likeness (QED) is 0.546. The van der Waals surface area contributed by atoms with E-state index in [0.717, 1.165) is 6.42 Å². The van der Waals surface area contributed by atoms with Crippen molar-refractivity contribution in [2.75, 3.05) is 0 Å². The molecule has 0 bridgehead atoms. The number of benzene rings is 2. The summed E-state index contributed by atoms with van der Waals surface area (Å²) < 4.78 is 6.75. The lowest BCUT2D eigenvalue weighted by molar-refractivity contribution is 0.110. The fraction of sp³-hybridized carbons (Fsp3) is 0.263. The molecule has 0 aliphatic heterocycles. The molecule has 1 aliphatic carbocycles. The lowest BCUT2D eigenvalue weighted by Gasteiger charge is -2.37. The largest absolute Gasteiger partial charge is 0.404 e. The Kier molecular flexibility index (Phi) is 3.38. The Bertz CT molecular complexity index is 636. The van der Waals surface area contributed by atoms with Crippen LogP contribution in [0.15, 0.2) is 61.2 Å². The Balaban J connectivity index is 2.30. The number of hydrogen-bond donors (Lipinski definition) is 0. The summed E-state index contributed by atoms with van der Waals surface area (Å²) in [5, 5.41) is 0. The molecule has 3 rings (SSSR count). The van der Waals surface area contributed by atoms with E-state index in [-0.39, 0.29) is 5.60 Å². The van der Waals surface area contributed by atoms with Crippen LogP contribution in [0.4, 0.5) is 0 Å². The van der Waals surface area contributed by atoms with Gasteiger partial charge in [-0.1, -0.05) is 54.6 Å². The predicted octanol–water partition coefficient (Wildman–Crippen LogP) is 5.34. The first-order valence-electron chi connectivity index (χ1n) is 7.48. The summed E-state index contributed by atoms with van der Waals surface area (Å²) in [6.45, 7) is 10.7. The maximum Gasteiger partial charge on any atom is 0.185 e. The highest BCUT2D eigenvalue weighted by atomic mass is 28.4. The van der Waals surface area contributed by atoms with Crippen LogP contribution < -0.4 is 0 Å². The maximum absolute atomic E-state index is 6.75. The minimum Gasteiger partial charge on any atom is -0.404 e. The Labute approximate surface area is 128 Å². The monoisotopic (exact) mass is 294 g/mol. The van der Waals surface area contributed by atoms with Crippen LogP contribution in [-0.4, -0.2) is 8.32 Å². The molecule has 0 heterocycles. The van der Waals surface area contributed by atoms with Gasteiger partial charge >= 0.3 is 0 Å². The summed E-state index contributed by atoms with van der Waals surface area (Å²) >= 11 is 0. The van der Waals surface area contributed by atoms with Gasteiger partial charge in [-0.05, 0) is 41.9 Å². The van der Waals surface area contributed by atoms with Gasteiger partial charge in [0.05, 0.1) is 0 Å². The van der Waals surface area contributed by atoms with E-state index in [4.69, 9.17) is 4.43 Å². The van der Waals surface area contributed by atoms with Crippen molar-refractivity contribution >= 4 is 8.32 Å². The normalized spacial score (nSPS) is 15.4. The molecule has 0 unspecified atom stereocenters. The Hall–Kier alpha value is -1.64. The molecule has 21 heavy (non-hydrogen) atoms. The first-order chi connectivity index (χ1) is 9.98. The zero-order valence-corrected chi connectivity index (χ0v) is 14.0. The van der Waals surface area contributed by atoms with Crippen molar-refractivity contribution in [3.63, 3.8) is 0 Å². The van der Waals surface area contributed by atoms with Crippen molar-refractivity contribution in [2.24, 2.45) is 0 Å². The van der Waals surface area contributed by atoms with Crippen molar-refractivity contribution in [3.8, 4) is 11.1 Å². The molecular formula is C19H22OSi. The Morgan fingerprint density at radius 3 is 1.86 bits per heavy atom. The van der Waals surface area contributed by atoms with Crippen LogP contribution >= 0.6 is 0 Å². The van der Waals surface area contributed by atoms with Gasteiger partial charge < -0.3 is 4.43 Å². The summed E-state index contributed by atoms with van der Waals surface area (Å²) in [5.41, 5.74) is 4.81. The van der Waals surface area contributed by atoms with Gasteiger partial charge in [-0.25, -0.2) is 0 Å². The van der Waals surface area contributed by atoms with Gasteiger partial charge in [-0.3, -0.25) is 0 Å². The molecule has 1 aliphatic rings. The van der Waals surface area contributed by atoms with Crippen LogP contribution in [0.1, 0.15) is 17.5 Å². The zero-order chi connectivity index (χ0) is 15.1. The van der Waals surface area contributed by atoms with Crippen LogP contribution in [0.3, 0.4) is 0 Å². The SMILES string of the molecule is C=CCC1(O[Si](C)(C)C)c2ccccc2-c2ccccc21. The van der Waals surface area contributed by atoms with Crippen LogP contribution in [-0.2, 0) is 10.0 Å². The molecular weight excluding hydrogens is 272 g/mol. The third-order valence-electron chi connectivity index (χ3n) is 3.93. The molecule has 0 saturated carbocycles. The molecule has 2 heteroatoms. The standard InChI is InChI=1S/C19H22OSi/c1-5-14-19(20-21(2,3)4)17-12-8-6-10-15(17)16-11-7-9-13-18(16)19/h5-13H,1,14H2,2-4H3. The summed E-state index contributed by atoms with van der Waals surface area (Å²) in [6.07, 6.45) is 2.80. The minimum atomic E-state index is -1.72. The third-order valence-corrected chi connectivity index (χ3v) is 4.89. The van der Waals surface area contributed by atoms with Crippen molar-refractivity contribution in [1.29, 1.82) is 0 Å². The molecule has 0 saturated heterocycles. The van der Waals surface area contributed by atoms with Crippen molar-refractivity contribution in [1.82, 2.24) is 0 Å². The summed E-state index contributed by atoms with van der Waals surface area (Å²) in [5.74, 6) is 0. The van der Waals surface area contributed by atoms with Gasteiger partial charge in [-0.2, -0.15) is 0 Å². The lowest BCUT2D eigenvalue weighted by Crippen LogP contribution is -2.40. The minimum absolute atomic E-state index is 0.362. The Morgan fingerprint density at radius 2 is 1.43 bits per heavy atom. The highest BCUT2D eigenvalue weighted by Crippen LogP contribution is 2.52. The first kappa shape index (κ1) is 14.3. The smallest absolute Gasteiger partial charge is 0.185 e. The van der Waals surface area contributed by atoms with Gasteiger partial charge in [0.25, 0.3) is 0 Å². The second kappa shape index (κ2) is 4.97. The zero-order valence-electron chi connectivity index (χ0n) is 13.0. The summed E-state index contributed by atoms with van der Waals surface area (Å²) in [4.78, 5) is 0. The Morgan fingerprint density at radius 1 is 0.952 bits per heavy atom. The highest BCUT2D eigenvalue weighted by Gasteiger charge is 2.45. The highest BCUT2D eigenvalue weighted by molar-refractivity contribution is 6.69. The molecule has 2 aromatic carbocycles. The molecule has 0 amide bonds. The molecule has 0 spiro atoms. The second-order valence-corrected chi connectivity index (χ2v) is 11.1. The van der Waals surface area contributed by atoms with Crippen molar-refractivity contribution in [2.45, 2.75) is 31.7 Å². The van der Waals surface area contributed by atoms with Crippen LogP contribution in [0.2, 0.25) is 19.6 Å². The molecule has 0 fully saturated rings. The van der Waals surface area contributed by atoms with E-state index in [2.05, 4.69) is 74.8 Å². The maximum atomic E-state index is 6.75. The van der Waals surface area contributed by atoms with Crippen LogP contribution in [0, 0.1) is 0 Å². The predicted molar refractivity (Wildman–Crippen MR) is 91.9 cm³/mol. The number of rotatable bonds is 4. The number of fused-ring (bicyclic) bond motifs is 3. The molecule has 0 aromatic heterocycles. The van der Waals surface area contributed by atoms with Crippen molar-refractivity contribution < 1.29 is 4.43 Å². The van der Waals surface area contributed by atoms with Gasteiger partial charge in [0.15, 0.2) is 8.32 Å². The van der Waals surface area contributed by atoms with Crippen LogP contribution in [0.5, 0.6) is 0 Å². The van der Waals surface area contributed by atoms with Gasteiger partial charge in [0.2, 0.25) is 0 Å². The average molecular weight is 294 g/mol. The molecule has 0 atom stereocenters. The molecule has 0 N–H and O–H groups in total. The van der Waals surface area contributed by atoms with E-state index in [0.29, 0.717) is 0 Å². The lowest BCUT2D eigenvalue weighted by atomic mass is 9.88. The van der Waals surface area contributed by atoms with E-state index >= 15 is 0 Å². The van der Waals surface area contributed by atoms with Crippen molar-refractivity contribution in [3.05, 3.63) is 72.3 Å². The molecule has 0 radical (unpaired) electrons. The van der Waals surface area contributed by atoms with E-state index in [1.165, 1.54) is 22.3 Å². The topological polar surface area (TPSA) is 9.23 Å². The summed E-state index contributed by atoms with van der Waals surface area (Å²) in [6, 6.07) is 17.2. The number of hydrogen-bond acceptors (Lipinski definition) is 1. The third kappa shape index (κ3) is 2.29. The van der Waals surface area contributed by atoms with E-state index in [1.807, 2.05) is 6.08 Å². The van der Waals surface area contributed by atoms with Gasteiger partial charge in [0, 0.05) is 6.42 Å². The van der Waals surface area contributed by atoms with Crippen LogP contribution in [0.25, 0.3) is 11.1 Å². The van der Waals surface area contributed by atoms with Gasteiger partial charge in [-0.15, -0.1) is 6.58 Å². The fourth-order valence-electron chi connectivity index (χ4n) is 3.38.